The molecule has 0 bridgehead atoms. The average molecular weight is 467 g/mol. The Hall–Kier alpha value is -2.72. The van der Waals surface area contributed by atoms with Crippen molar-refractivity contribution >= 4 is 27.9 Å². The molecule has 0 fully saturated rings. The van der Waals surface area contributed by atoms with E-state index in [4.69, 9.17) is 9.47 Å². The van der Waals surface area contributed by atoms with Crippen molar-refractivity contribution in [2.75, 3.05) is 13.2 Å². The zero-order valence-electron chi connectivity index (χ0n) is 18.7. The van der Waals surface area contributed by atoms with Crippen LogP contribution in [0.5, 0.6) is 0 Å². The zero-order valence-corrected chi connectivity index (χ0v) is 19.5. The van der Waals surface area contributed by atoms with Crippen molar-refractivity contribution in [3.8, 4) is 0 Å². The van der Waals surface area contributed by atoms with Gasteiger partial charge in [0.1, 0.15) is 19.3 Å². The van der Waals surface area contributed by atoms with Gasteiger partial charge < -0.3 is 14.8 Å². The molecule has 10 heteroatoms. The zero-order chi connectivity index (χ0) is 23.9. The van der Waals surface area contributed by atoms with E-state index < -0.39 is 45.9 Å². The molecule has 1 heterocycles. The van der Waals surface area contributed by atoms with Crippen molar-refractivity contribution in [3.63, 3.8) is 0 Å². The molecule has 1 amide bonds. The van der Waals surface area contributed by atoms with Gasteiger partial charge in [0.25, 0.3) is 0 Å². The SMILES string of the molecule is Cc1ccc(S(=O)(=O)N[C@H]2COC(=O)[C@@H](C)COC(=O)[C@H](C)NC(=O)CC=C[C@H]2C)cc1. The molecule has 9 nitrogen and oxygen atoms in total. The Morgan fingerprint density at radius 2 is 1.59 bits per heavy atom. The summed E-state index contributed by atoms with van der Waals surface area (Å²) in [4.78, 5) is 36.5. The van der Waals surface area contributed by atoms with Crippen molar-refractivity contribution in [2.45, 2.75) is 51.1 Å². The number of ether oxygens (including phenoxy) is 2. The summed E-state index contributed by atoms with van der Waals surface area (Å²) < 4.78 is 38.7. The second-order valence-electron chi connectivity index (χ2n) is 7.98. The van der Waals surface area contributed by atoms with Crippen LogP contribution in [0.25, 0.3) is 0 Å². The van der Waals surface area contributed by atoms with Crippen LogP contribution in [0.1, 0.15) is 32.8 Å². The number of hydrogen-bond acceptors (Lipinski definition) is 7. The van der Waals surface area contributed by atoms with Crippen molar-refractivity contribution in [2.24, 2.45) is 11.8 Å². The lowest BCUT2D eigenvalue weighted by atomic mass is 10.0. The normalized spacial score (nSPS) is 26.3. The summed E-state index contributed by atoms with van der Waals surface area (Å²) in [5.74, 6) is -2.82. The molecule has 0 saturated heterocycles. The number of aryl methyl sites for hydroxylation is 1. The predicted octanol–water partition coefficient (Wildman–Crippen LogP) is 1.47. The Bertz CT molecular complexity index is 957. The third-order valence-electron chi connectivity index (χ3n) is 5.03. The third-order valence-corrected chi connectivity index (χ3v) is 6.54. The molecular weight excluding hydrogens is 436 g/mol. The van der Waals surface area contributed by atoms with E-state index in [2.05, 4.69) is 10.0 Å². The van der Waals surface area contributed by atoms with E-state index in [9.17, 15) is 22.8 Å². The molecular formula is C22H30N2O7S. The van der Waals surface area contributed by atoms with Gasteiger partial charge in [0.15, 0.2) is 0 Å². The summed E-state index contributed by atoms with van der Waals surface area (Å²) in [6.07, 6.45) is 3.24. The van der Waals surface area contributed by atoms with Crippen molar-refractivity contribution in [1.29, 1.82) is 0 Å². The lowest BCUT2D eigenvalue weighted by molar-refractivity contribution is -0.156. The van der Waals surface area contributed by atoms with Gasteiger partial charge >= 0.3 is 11.9 Å². The van der Waals surface area contributed by atoms with Crippen LogP contribution in [0.4, 0.5) is 0 Å². The second-order valence-corrected chi connectivity index (χ2v) is 9.70. The van der Waals surface area contributed by atoms with Crippen LogP contribution in [0.15, 0.2) is 41.3 Å². The second kappa shape index (κ2) is 11.2. The number of rotatable bonds is 3. The summed E-state index contributed by atoms with van der Waals surface area (Å²) in [7, 11) is -3.87. The number of nitrogens with one attached hydrogen (secondary N) is 2. The standard InChI is InChI=1S/C22H30N2O7S/c1-14-8-10-18(11-9-14)32(28,29)24-19-13-31-21(26)16(3)12-30-22(27)17(4)23-20(25)7-5-6-15(19)2/h5-6,8-11,15-17,19,24H,7,12-13H2,1-4H3,(H,23,25)/t15-,16+,17+,19+/m1/s1. The molecule has 32 heavy (non-hydrogen) atoms. The number of cyclic esters (lactones) is 2. The van der Waals surface area contributed by atoms with Crippen molar-refractivity contribution in [3.05, 3.63) is 42.0 Å². The predicted molar refractivity (Wildman–Crippen MR) is 117 cm³/mol. The minimum absolute atomic E-state index is 0.00438. The lowest BCUT2D eigenvalue weighted by Gasteiger charge is -2.23. The molecule has 1 aliphatic heterocycles. The fraction of sp³-hybridized carbons (Fsp3) is 0.500. The molecule has 2 rings (SSSR count). The minimum atomic E-state index is -3.87. The number of carbonyl (C=O) groups is 3. The fourth-order valence-corrected chi connectivity index (χ4v) is 4.19. The Morgan fingerprint density at radius 3 is 2.25 bits per heavy atom. The summed E-state index contributed by atoms with van der Waals surface area (Å²) in [6, 6.07) is 4.74. The molecule has 0 aromatic heterocycles. The molecule has 0 radical (unpaired) electrons. The maximum Gasteiger partial charge on any atom is 0.328 e. The average Bonchev–Trinajstić information content (AvgIpc) is 2.73. The van der Waals surface area contributed by atoms with E-state index in [1.165, 1.54) is 26.0 Å². The molecule has 1 aliphatic rings. The van der Waals surface area contributed by atoms with Crippen LogP contribution in [-0.4, -0.2) is 51.6 Å². The first-order valence-corrected chi connectivity index (χ1v) is 11.9. The van der Waals surface area contributed by atoms with Gasteiger partial charge in [0.2, 0.25) is 15.9 Å². The van der Waals surface area contributed by atoms with Crippen LogP contribution in [0.3, 0.4) is 0 Å². The smallest absolute Gasteiger partial charge is 0.328 e. The van der Waals surface area contributed by atoms with E-state index in [0.29, 0.717) is 0 Å². The largest absolute Gasteiger partial charge is 0.464 e. The number of sulfonamides is 1. The Kier molecular flexibility index (Phi) is 8.97. The number of hydrogen-bond donors (Lipinski definition) is 2. The van der Waals surface area contributed by atoms with E-state index in [1.54, 1.807) is 31.2 Å². The van der Waals surface area contributed by atoms with E-state index in [0.717, 1.165) is 5.56 Å². The molecule has 1 aromatic carbocycles. The summed E-state index contributed by atoms with van der Waals surface area (Å²) in [5.41, 5.74) is 0.922. The summed E-state index contributed by atoms with van der Waals surface area (Å²) in [5, 5.41) is 2.52. The highest BCUT2D eigenvalue weighted by Crippen LogP contribution is 2.15. The van der Waals surface area contributed by atoms with Gasteiger partial charge in [-0.25, -0.2) is 17.9 Å². The van der Waals surface area contributed by atoms with Crippen LogP contribution in [0.2, 0.25) is 0 Å². The highest BCUT2D eigenvalue weighted by atomic mass is 32.2. The minimum Gasteiger partial charge on any atom is -0.464 e. The number of benzene rings is 1. The van der Waals surface area contributed by atoms with E-state index >= 15 is 0 Å². The first-order valence-electron chi connectivity index (χ1n) is 10.4. The third kappa shape index (κ3) is 7.45. The molecule has 0 saturated carbocycles. The summed E-state index contributed by atoms with van der Waals surface area (Å²) in [6.45, 7) is 6.18. The number of esters is 2. The summed E-state index contributed by atoms with van der Waals surface area (Å²) >= 11 is 0. The molecule has 176 valence electrons. The van der Waals surface area contributed by atoms with Gasteiger partial charge in [-0.1, -0.05) is 36.8 Å². The molecule has 0 spiro atoms. The highest BCUT2D eigenvalue weighted by molar-refractivity contribution is 7.89. The monoisotopic (exact) mass is 466 g/mol. The maximum absolute atomic E-state index is 12.9. The Morgan fingerprint density at radius 1 is 0.969 bits per heavy atom. The van der Waals surface area contributed by atoms with Crippen LogP contribution < -0.4 is 10.0 Å². The first-order chi connectivity index (χ1) is 15.0. The van der Waals surface area contributed by atoms with Gasteiger partial charge in [-0.05, 0) is 38.8 Å². The molecule has 4 atom stereocenters. The first kappa shape index (κ1) is 25.5. The van der Waals surface area contributed by atoms with Gasteiger partial charge in [-0.3, -0.25) is 9.59 Å². The maximum atomic E-state index is 12.9. The van der Waals surface area contributed by atoms with Crippen LogP contribution in [0, 0.1) is 18.8 Å². The fourth-order valence-electron chi connectivity index (χ4n) is 2.88. The van der Waals surface area contributed by atoms with Crippen molar-refractivity contribution in [1.82, 2.24) is 10.0 Å². The molecule has 1 aromatic rings. The Labute approximate surface area is 188 Å². The van der Waals surface area contributed by atoms with Gasteiger partial charge in [0.05, 0.1) is 16.9 Å². The number of amides is 1. The van der Waals surface area contributed by atoms with Gasteiger partial charge in [0, 0.05) is 6.42 Å². The van der Waals surface area contributed by atoms with E-state index in [-0.39, 0.29) is 30.4 Å². The van der Waals surface area contributed by atoms with E-state index in [1.807, 2.05) is 6.92 Å². The van der Waals surface area contributed by atoms with Crippen LogP contribution in [-0.2, 0) is 33.9 Å². The molecule has 0 unspecified atom stereocenters. The quantitative estimate of drug-likeness (QED) is 0.510. The van der Waals surface area contributed by atoms with Crippen molar-refractivity contribution < 1.29 is 32.3 Å². The van der Waals surface area contributed by atoms with Gasteiger partial charge in [-0.2, -0.15) is 0 Å². The Balaban J connectivity index is 2.24. The number of carbonyl (C=O) groups excluding carboxylic acids is 3. The topological polar surface area (TPSA) is 128 Å². The molecule has 2 N–H and O–H groups in total. The van der Waals surface area contributed by atoms with Gasteiger partial charge in [-0.15, -0.1) is 0 Å². The van der Waals surface area contributed by atoms with Crippen LogP contribution >= 0.6 is 0 Å². The highest BCUT2D eigenvalue weighted by Gasteiger charge is 2.27. The lowest BCUT2D eigenvalue weighted by Crippen LogP contribution is -2.43. The molecule has 0 aliphatic carbocycles.